The quantitative estimate of drug-likeness (QED) is 0.0148. The van der Waals surface area contributed by atoms with Gasteiger partial charge in [0.05, 0.1) is 124 Å². The molecule has 0 N–H and O–H groups in total. The van der Waals surface area contributed by atoms with E-state index < -0.39 is 32.2 Å². The number of methoxy groups -OCH3 is 16. The lowest BCUT2D eigenvalue weighted by Gasteiger charge is -2.36. The van der Waals surface area contributed by atoms with Gasteiger partial charge in [-0.3, -0.25) is 38.4 Å². The lowest BCUT2D eigenvalue weighted by molar-refractivity contribution is -0.141. The first kappa shape index (κ1) is 103. The number of halogens is 1. The van der Waals surface area contributed by atoms with Crippen LogP contribution in [0.5, 0.6) is 46.0 Å². The van der Waals surface area contributed by atoms with E-state index in [2.05, 4.69) is 74.7 Å². The molecular weight excluding hydrogens is 1780 g/mol. The summed E-state index contributed by atoms with van der Waals surface area (Å²) in [5, 5.41) is -0.0471. The van der Waals surface area contributed by atoms with Gasteiger partial charge in [-0.25, -0.2) is 0 Å². The van der Waals surface area contributed by atoms with Crippen LogP contribution >= 0.6 is 22.6 Å². The molecule has 25 nitrogen and oxygen atoms in total. The zero-order valence-corrected chi connectivity index (χ0v) is 81.9. The van der Waals surface area contributed by atoms with Crippen molar-refractivity contribution in [3.8, 4) is 46.0 Å². The van der Waals surface area contributed by atoms with Gasteiger partial charge in [0.1, 0.15) is 46.0 Å². The van der Waals surface area contributed by atoms with Crippen LogP contribution in [0.1, 0.15) is 200 Å². The first-order valence-electron chi connectivity index (χ1n) is 43.1. The molecule has 8 aromatic rings. The Morgan fingerprint density at radius 1 is 0.225 bits per heavy atom. The standard InChI is InChI=1S/C102H127IO25Si/c1-102(2,3)129(20,21)128-61-84-60-92(118-10)83(44-68(84)28-36-100(110)126-18)50-75-58-90(116-8)81(42-66(75)26-34-98(108)124-16)48-73-56-88(114-6)79(40-64(73)24-32-96(106)122-14)46-71-54-86(112-4)77(38-62(71)22-30-94(104)120-12)45-70-53-87(113-5)78(39-63(70)23-31-95(105)121-13)47-72-55-89(115-7)80(41-65(72)25-33-97(107)123-15)49-74-57-91(117-9)82(43-67(74)27-35-99(109)125-17)51-76-59-93(119-11)85(103)52-69(76)29-37-101(111)127-19/h38-44,52-60H,22-37,45-51,61H2,1-21H3. The average molecular weight is 1910 g/mol. The van der Waals surface area contributed by atoms with Gasteiger partial charge in [0.25, 0.3) is 0 Å². The van der Waals surface area contributed by atoms with Gasteiger partial charge >= 0.3 is 47.8 Å². The van der Waals surface area contributed by atoms with E-state index in [0.29, 0.717) is 104 Å². The second-order valence-electron chi connectivity index (χ2n) is 33.2. The van der Waals surface area contributed by atoms with E-state index in [9.17, 15) is 38.4 Å². The van der Waals surface area contributed by atoms with Crippen molar-refractivity contribution in [2.45, 2.75) is 193 Å². The maximum atomic E-state index is 13.3. The van der Waals surface area contributed by atoms with Gasteiger partial charge in [-0.15, -0.1) is 0 Å². The fourth-order valence-corrected chi connectivity index (χ4v) is 17.6. The molecule has 0 unspecified atom stereocenters. The van der Waals surface area contributed by atoms with E-state index >= 15 is 0 Å². The van der Waals surface area contributed by atoms with Gasteiger partial charge in [0.2, 0.25) is 0 Å². The van der Waals surface area contributed by atoms with Crippen molar-refractivity contribution in [2.24, 2.45) is 0 Å². The highest BCUT2D eigenvalue weighted by molar-refractivity contribution is 14.1. The van der Waals surface area contributed by atoms with Crippen LogP contribution in [0.2, 0.25) is 18.1 Å². The summed E-state index contributed by atoms with van der Waals surface area (Å²) in [7, 11) is 21.5. The Balaban J connectivity index is 1.20. The van der Waals surface area contributed by atoms with Crippen molar-refractivity contribution in [1.82, 2.24) is 0 Å². The molecule has 8 rings (SSSR count). The summed E-state index contributed by atoms with van der Waals surface area (Å²) in [5.74, 6) is 1.58. The van der Waals surface area contributed by atoms with Crippen LogP contribution in [-0.2, 0) is 184 Å². The average Bonchev–Trinajstić information content (AvgIpc) is 0.782. The highest BCUT2D eigenvalue weighted by atomic mass is 127. The molecule has 0 fully saturated rings. The van der Waals surface area contributed by atoms with Gasteiger partial charge in [-0.1, -0.05) is 63.2 Å². The van der Waals surface area contributed by atoms with Gasteiger partial charge < -0.3 is 80.2 Å². The van der Waals surface area contributed by atoms with Crippen molar-refractivity contribution in [3.63, 3.8) is 0 Å². The molecule has 0 aliphatic rings. The minimum absolute atomic E-state index is 0.0396. The normalized spacial score (nSPS) is 11.3. The second kappa shape index (κ2) is 49.6. The van der Waals surface area contributed by atoms with E-state index in [1.54, 1.807) is 56.9 Å². The van der Waals surface area contributed by atoms with Gasteiger partial charge in [0.15, 0.2) is 8.32 Å². The molecule has 0 saturated carbocycles. The molecule has 0 heterocycles. The Morgan fingerprint density at radius 2 is 0.380 bits per heavy atom. The molecule has 0 aliphatic carbocycles. The highest BCUT2D eigenvalue weighted by Crippen LogP contribution is 2.43. The third-order valence-electron chi connectivity index (χ3n) is 24.4. The Hall–Kier alpha value is -11.2. The number of esters is 8. The molecule has 0 saturated heterocycles. The molecule has 0 aromatic heterocycles. The number of hydrogen-bond donors (Lipinski definition) is 0. The molecule has 0 bridgehead atoms. The van der Waals surface area contributed by atoms with Gasteiger partial charge in [-0.05, 0) is 275 Å². The predicted octanol–water partition coefficient (Wildman–Crippen LogP) is 16.9. The van der Waals surface area contributed by atoms with Crippen LogP contribution in [0.15, 0.2) is 97.1 Å². The summed E-state index contributed by atoms with van der Waals surface area (Å²) in [4.78, 5) is 104. The topological polar surface area (TPSA) is 293 Å². The van der Waals surface area contributed by atoms with Crippen molar-refractivity contribution in [2.75, 3.05) is 114 Å². The number of carbonyl (C=O) groups is 8. The van der Waals surface area contributed by atoms with Crippen LogP contribution in [0.4, 0.5) is 0 Å². The first-order chi connectivity index (χ1) is 61.7. The largest absolute Gasteiger partial charge is 0.496 e. The second-order valence-corrected chi connectivity index (χ2v) is 39.2. The minimum atomic E-state index is -2.21. The van der Waals surface area contributed by atoms with E-state index in [-0.39, 0.29) is 125 Å². The zero-order valence-electron chi connectivity index (χ0n) is 78.8. The lowest BCUT2D eigenvalue weighted by atomic mass is 9.86. The Labute approximate surface area is 774 Å². The molecule has 0 aliphatic heterocycles. The predicted molar refractivity (Wildman–Crippen MR) is 501 cm³/mol. The van der Waals surface area contributed by atoms with Crippen molar-refractivity contribution in [1.29, 1.82) is 0 Å². The molecule has 696 valence electrons. The minimum Gasteiger partial charge on any atom is -0.496 e. The Bertz CT molecular complexity index is 5270. The van der Waals surface area contributed by atoms with E-state index in [4.69, 9.17) is 80.2 Å². The number of benzene rings is 8. The van der Waals surface area contributed by atoms with Crippen LogP contribution < -0.4 is 37.9 Å². The third-order valence-corrected chi connectivity index (χ3v) is 29.7. The molecule has 0 amide bonds. The van der Waals surface area contributed by atoms with Crippen LogP contribution in [0, 0.1) is 3.57 Å². The molecule has 27 heteroatoms. The SMILES string of the molecule is COC(=O)CCc1cc(Cc2cc(OC)c(Cc3cc(OC)c(Cc4cc(OC)c(Cc5cc(OC)c(Cc6cc(OC)c(Cc7cc(OC)c(Cc8cc(OC)c(I)cc8CCC(=O)OC)cc7CCC(=O)OC)cc6CCC(=O)OC)cc5CCC(=O)OC)cc4CCC(=O)OC)cc3CCC(=O)OC)cc2CCC(=O)OC)c(OC)cc1CO[Si](C)(C)C(C)(C)C. The van der Waals surface area contributed by atoms with E-state index in [0.717, 1.165) is 132 Å². The number of carbonyl (C=O) groups excluding carboxylic acids is 8. The van der Waals surface area contributed by atoms with Crippen molar-refractivity contribution < 1.29 is 119 Å². The third kappa shape index (κ3) is 28.7. The molecule has 8 aromatic carbocycles. The monoisotopic (exact) mass is 1910 g/mol. The maximum Gasteiger partial charge on any atom is 0.305 e. The number of ether oxygens (including phenoxy) is 16. The number of rotatable bonds is 49. The van der Waals surface area contributed by atoms with Crippen molar-refractivity contribution >= 4 is 78.7 Å². The van der Waals surface area contributed by atoms with Crippen LogP contribution in [0.3, 0.4) is 0 Å². The fraction of sp³-hybridized carbons (Fsp3) is 0.451. The van der Waals surface area contributed by atoms with Gasteiger partial charge in [-0.2, -0.15) is 0 Å². The molecule has 129 heavy (non-hydrogen) atoms. The fourth-order valence-electron chi connectivity index (χ4n) is 15.9. The van der Waals surface area contributed by atoms with Gasteiger partial charge in [0, 0.05) is 96.3 Å². The summed E-state index contributed by atoms with van der Waals surface area (Å²) in [6, 6.07) is 32.2. The Morgan fingerprint density at radius 3 is 0.543 bits per heavy atom. The summed E-state index contributed by atoms with van der Waals surface area (Å²) < 4.78 is 98.6. The van der Waals surface area contributed by atoms with Crippen LogP contribution in [-0.4, -0.2) is 170 Å². The first-order valence-corrected chi connectivity index (χ1v) is 47.0. The Kier molecular flexibility index (Phi) is 39.7. The summed E-state index contributed by atoms with van der Waals surface area (Å²) in [5.41, 5.74) is 19.3. The smallest absolute Gasteiger partial charge is 0.305 e. The van der Waals surface area contributed by atoms with Crippen LogP contribution in [0.25, 0.3) is 0 Å². The number of hydrogen-bond acceptors (Lipinski definition) is 25. The molecule has 0 radical (unpaired) electrons. The molecular formula is C102H127IO25Si. The molecule has 0 atom stereocenters. The summed E-state index contributed by atoms with van der Waals surface area (Å²) in [6.07, 6.45) is 5.55. The summed E-state index contributed by atoms with van der Waals surface area (Å²) in [6.45, 7) is 11.3. The maximum absolute atomic E-state index is 13.3. The number of aryl methyl sites for hydroxylation is 8. The summed E-state index contributed by atoms with van der Waals surface area (Å²) >= 11 is 2.22. The van der Waals surface area contributed by atoms with E-state index in [1.807, 2.05) is 78.9 Å². The molecule has 0 spiro atoms. The lowest BCUT2D eigenvalue weighted by Crippen LogP contribution is -2.40. The van der Waals surface area contributed by atoms with E-state index in [1.165, 1.54) is 56.9 Å². The van der Waals surface area contributed by atoms with Crippen molar-refractivity contribution in [3.05, 3.63) is 229 Å². The highest BCUT2D eigenvalue weighted by Gasteiger charge is 2.38. The zero-order chi connectivity index (χ0) is 94.4.